The summed E-state index contributed by atoms with van der Waals surface area (Å²) in [5, 5.41) is 3.23. The highest BCUT2D eigenvalue weighted by Crippen LogP contribution is 2.26. The molecule has 2 aromatic carbocycles. The third kappa shape index (κ3) is 4.57. The molecule has 1 N–H and O–H groups in total. The molecule has 4 heteroatoms. The highest BCUT2D eigenvalue weighted by Gasteiger charge is 2.05. The van der Waals surface area contributed by atoms with Crippen LogP contribution in [0.4, 0.5) is 5.69 Å². The summed E-state index contributed by atoms with van der Waals surface area (Å²) in [5.41, 5.74) is 4.30. The lowest BCUT2D eigenvalue weighted by molar-refractivity contribution is 0.377. The molecule has 2 rings (SSSR count). The minimum absolute atomic E-state index is 0.628. The van der Waals surface area contributed by atoms with E-state index in [0.717, 1.165) is 11.3 Å². The van der Waals surface area contributed by atoms with E-state index in [1.165, 1.54) is 11.1 Å². The Kier molecular flexibility index (Phi) is 5.77. The minimum atomic E-state index is 0.628. The third-order valence-electron chi connectivity index (χ3n) is 3.55. The summed E-state index contributed by atoms with van der Waals surface area (Å²) in [6.07, 6.45) is 1.63. The topological polar surface area (TPSA) is 30.5 Å². The molecular formula is C19H21NO2S. The first-order chi connectivity index (χ1) is 11.0. The number of ether oxygens (including phenoxy) is 2. The van der Waals surface area contributed by atoms with Crippen LogP contribution in [0.25, 0.3) is 0 Å². The molecule has 0 fully saturated rings. The van der Waals surface area contributed by atoms with Gasteiger partial charge in [-0.05, 0) is 56.2 Å². The maximum absolute atomic E-state index is 5.68. The van der Waals surface area contributed by atoms with E-state index in [1.807, 2.05) is 37.3 Å². The number of hydrogen-bond donors (Lipinski definition) is 1. The second-order valence-corrected chi connectivity index (χ2v) is 5.73. The van der Waals surface area contributed by atoms with Gasteiger partial charge in [0.15, 0.2) is 11.5 Å². The van der Waals surface area contributed by atoms with Gasteiger partial charge in [0.05, 0.1) is 13.4 Å². The Balaban J connectivity index is 2.05. The molecule has 0 aromatic heterocycles. The van der Waals surface area contributed by atoms with Gasteiger partial charge in [-0.2, -0.15) is 0 Å². The number of rotatable bonds is 5. The van der Waals surface area contributed by atoms with Gasteiger partial charge in [0.25, 0.3) is 0 Å². The maximum Gasteiger partial charge on any atom is 0.168 e. The lowest BCUT2D eigenvalue weighted by Crippen LogP contribution is -2.11. The van der Waals surface area contributed by atoms with Crippen LogP contribution in [0.5, 0.6) is 11.5 Å². The molecule has 120 valence electrons. The molecule has 0 bridgehead atoms. The molecule has 0 aliphatic rings. The third-order valence-corrected chi connectivity index (χ3v) is 3.98. The molecule has 0 unspecified atom stereocenters. The number of thiocarbonyl (C=S) groups is 1. The zero-order valence-electron chi connectivity index (χ0n) is 13.8. The van der Waals surface area contributed by atoms with E-state index in [9.17, 15) is 0 Å². The first-order valence-electron chi connectivity index (χ1n) is 7.36. The second-order valence-electron chi connectivity index (χ2n) is 5.32. The molecule has 2 aromatic rings. The summed E-state index contributed by atoms with van der Waals surface area (Å²) in [4.78, 5) is 0.628. The van der Waals surface area contributed by atoms with Gasteiger partial charge in [0, 0.05) is 11.3 Å². The second kappa shape index (κ2) is 7.79. The number of para-hydroxylation sites is 2. The SMILES string of the molecule is COc1ccccc1O/C=C(\C)C(=S)Nc1ccc(C)c(C)c1. The maximum atomic E-state index is 5.68. The molecule has 0 spiro atoms. The van der Waals surface area contributed by atoms with Gasteiger partial charge in [-0.25, -0.2) is 0 Å². The number of methoxy groups -OCH3 is 1. The van der Waals surface area contributed by atoms with E-state index in [4.69, 9.17) is 21.7 Å². The van der Waals surface area contributed by atoms with Crippen LogP contribution in [0.15, 0.2) is 54.3 Å². The van der Waals surface area contributed by atoms with Gasteiger partial charge in [-0.3, -0.25) is 0 Å². The molecule has 0 saturated carbocycles. The Labute approximate surface area is 142 Å². The van der Waals surface area contributed by atoms with Gasteiger partial charge >= 0.3 is 0 Å². The molecule has 0 saturated heterocycles. The van der Waals surface area contributed by atoms with Crippen molar-refractivity contribution < 1.29 is 9.47 Å². The monoisotopic (exact) mass is 327 g/mol. The van der Waals surface area contributed by atoms with E-state index in [1.54, 1.807) is 13.4 Å². The van der Waals surface area contributed by atoms with Crippen molar-refractivity contribution in [2.45, 2.75) is 20.8 Å². The van der Waals surface area contributed by atoms with Crippen LogP contribution in [-0.2, 0) is 0 Å². The molecule has 0 amide bonds. The zero-order valence-corrected chi connectivity index (χ0v) is 14.7. The van der Waals surface area contributed by atoms with Crippen LogP contribution in [0.1, 0.15) is 18.1 Å². The number of hydrogen-bond acceptors (Lipinski definition) is 3. The van der Waals surface area contributed by atoms with Crippen molar-refractivity contribution in [3.05, 3.63) is 65.4 Å². The normalized spacial score (nSPS) is 11.0. The first kappa shape index (κ1) is 17.0. The van der Waals surface area contributed by atoms with Gasteiger partial charge in [-0.1, -0.05) is 30.4 Å². The summed E-state index contributed by atoms with van der Waals surface area (Å²) in [6.45, 7) is 6.08. The Morgan fingerprint density at radius 3 is 2.39 bits per heavy atom. The molecule has 0 radical (unpaired) electrons. The van der Waals surface area contributed by atoms with Crippen LogP contribution >= 0.6 is 12.2 Å². The standard InChI is InChI=1S/C19H21NO2S/c1-13-9-10-16(11-14(13)2)20-19(23)15(3)12-22-18-8-6-5-7-17(18)21-4/h5-12H,1-4H3,(H,20,23)/b15-12+. The minimum Gasteiger partial charge on any atom is -0.493 e. The molecule has 0 heterocycles. The van der Waals surface area contributed by atoms with E-state index in [0.29, 0.717) is 16.5 Å². The van der Waals surface area contributed by atoms with Crippen molar-refractivity contribution in [3.8, 4) is 11.5 Å². The zero-order chi connectivity index (χ0) is 16.8. The van der Waals surface area contributed by atoms with Gasteiger partial charge in [0.2, 0.25) is 0 Å². The predicted octanol–water partition coefficient (Wildman–Crippen LogP) is 5.03. The average molecular weight is 327 g/mol. The lowest BCUT2D eigenvalue weighted by Gasteiger charge is -2.11. The Bertz CT molecular complexity index is 738. The summed E-state index contributed by atoms with van der Waals surface area (Å²) in [5.74, 6) is 1.34. The number of anilines is 1. The smallest absolute Gasteiger partial charge is 0.168 e. The van der Waals surface area contributed by atoms with E-state index >= 15 is 0 Å². The van der Waals surface area contributed by atoms with Crippen LogP contribution in [0.3, 0.4) is 0 Å². The van der Waals surface area contributed by atoms with Crippen LogP contribution in [0.2, 0.25) is 0 Å². The van der Waals surface area contributed by atoms with Crippen LogP contribution in [-0.4, -0.2) is 12.1 Å². The van der Waals surface area contributed by atoms with Crippen molar-refractivity contribution in [3.63, 3.8) is 0 Å². The van der Waals surface area contributed by atoms with Crippen molar-refractivity contribution in [1.29, 1.82) is 0 Å². The summed E-state index contributed by atoms with van der Waals surface area (Å²) in [7, 11) is 1.62. The number of nitrogens with one attached hydrogen (secondary N) is 1. The van der Waals surface area contributed by atoms with Crippen molar-refractivity contribution >= 4 is 22.9 Å². The highest BCUT2D eigenvalue weighted by molar-refractivity contribution is 7.81. The Morgan fingerprint density at radius 1 is 1.04 bits per heavy atom. The van der Waals surface area contributed by atoms with Gasteiger partial charge in [-0.15, -0.1) is 0 Å². The van der Waals surface area contributed by atoms with Crippen LogP contribution < -0.4 is 14.8 Å². The molecule has 23 heavy (non-hydrogen) atoms. The van der Waals surface area contributed by atoms with E-state index < -0.39 is 0 Å². The summed E-state index contributed by atoms with van der Waals surface area (Å²) >= 11 is 5.42. The Hall–Kier alpha value is -2.33. The van der Waals surface area contributed by atoms with E-state index in [-0.39, 0.29) is 0 Å². The molecular weight excluding hydrogens is 306 g/mol. The quantitative estimate of drug-likeness (QED) is 0.474. The summed E-state index contributed by atoms with van der Waals surface area (Å²) < 4.78 is 10.9. The fraction of sp³-hybridized carbons (Fsp3) is 0.211. The predicted molar refractivity (Wildman–Crippen MR) is 99.5 cm³/mol. The molecule has 3 nitrogen and oxygen atoms in total. The number of aryl methyl sites for hydroxylation is 2. The molecule has 0 atom stereocenters. The van der Waals surface area contributed by atoms with Crippen molar-refractivity contribution in [2.24, 2.45) is 0 Å². The fourth-order valence-electron chi connectivity index (χ4n) is 1.97. The van der Waals surface area contributed by atoms with E-state index in [2.05, 4.69) is 31.3 Å². The largest absolute Gasteiger partial charge is 0.493 e. The molecule has 0 aliphatic heterocycles. The molecule has 0 aliphatic carbocycles. The Morgan fingerprint density at radius 2 is 1.74 bits per heavy atom. The van der Waals surface area contributed by atoms with Crippen molar-refractivity contribution in [1.82, 2.24) is 0 Å². The van der Waals surface area contributed by atoms with Gasteiger partial charge in [0.1, 0.15) is 4.99 Å². The summed E-state index contributed by atoms with van der Waals surface area (Å²) in [6, 6.07) is 13.7. The highest BCUT2D eigenvalue weighted by atomic mass is 32.1. The first-order valence-corrected chi connectivity index (χ1v) is 7.77. The average Bonchev–Trinajstić information content (AvgIpc) is 2.56. The lowest BCUT2D eigenvalue weighted by atomic mass is 10.1. The van der Waals surface area contributed by atoms with Gasteiger partial charge < -0.3 is 14.8 Å². The van der Waals surface area contributed by atoms with Crippen molar-refractivity contribution in [2.75, 3.05) is 12.4 Å². The van der Waals surface area contributed by atoms with Crippen LogP contribution in [0, 0.1) is 13.8 Å². The number of benzene rings is 2. The fourth-order valence-corrected chi connectivity index (χ4v) is 2.14.